The third kappa shape index (κ3) is 10.4. The molecule has 0 amide bonds. The maximum atomic E-state index is 6.25. The highest BCUT2D eigenvalue weighted by Crippen LogP contribution is 2.37. The summed E-state index contributed by atoms with van der Waals surface area (Å²) in [4.78, 5) is 21.4. The van der Waals surface area contributed by atoms with E-state index >= 15 is 0 Å². The lowest BCUT2D eigenvalue weighted by Crippen LogP contribution is -2.38. The van der Waals surface area contributed by atoms with E-state index in [1.165, 1.54) is 112 Å². The number of aryl methyl sites for hydroxylation is 3. The van der Waals surface area contributed by atoms with Crippen LogP contribution in [-0.2, 0) is 31.0 Å². The van der Waals surface area contributed by atoms with Gasteiger partial charge in [0.05, 0.1) is 24.7 Å². The zero-order chi connectivity index (χ0) is 39.7. The second-order valence-corrected chi connectivity index (χ2v) is 16.9. The fourth-order valence-corrected chi connectivity index (χ4v) is 9.69. The van der Waals surface area contributed by atoms with Gasteiger partial charge in [-0.15, -0.1) is 13.2 Å². The molecule has 0 spiro atoms. The van der Waals surface area contributed by atoms with Crippen molar-refractivity contribution in [3.63, 3.8) is 0 Å². The van der Waals surface area contributed by atoms with Crippen LogP contribution in [0.15, 0.2) is 73.8 Å². The summed E-state index contributed by atoms with van der Waals surface area (Å²) in [7, 11) is 6.03. The largest absolute Gasteiger partial charge is 0.365 e. The van der Waals surface area contributed by atoms with Crippen LogP contribution < -0.4 is 10.8 Å². The Kier molecular flexibility index (Phi) is 14.3. The zero-order valence-electron chi connectivity index (χ0n) is 35.1. The van der Waals surface area contributed by atoms with Crippen molar-refractivity contribution in [3.05, 3.63) is 119 Å². The number of anilines is 1. The van der Waals surface area contributed by atoms with Crippen LogP contribution in [-0.4, -0.2) is 78.0 Å². The van der Waals surface area contributed by atoms with Gasteiger partial charge in [0, 0.05) is 11.9 Å². The molecule has 4 heterocycles. The van der Waals surface area contributed by atoms with Gasteiger partial charge in [0.25, 0.3) is 0 Å². The summed E-state index contributed by atoms with van der Waals surface area (Å²) in [5.41, 5.74) is 11.7. The van der Waals surface area contributed by atoms with E-state index in [-0.39, 0.29) is 6.04 Å². The lowest BCUT2D eigenvalue weighted by Gasteiger charge is -2.37. The number of rotatable bonds is 17. The lowest BCUT2D eigenvalue weighted by molar-refractivity contribution is -0.204. The van der Waals surface area contributed by atoms with Crippen LogP contribution in [0.25, 0.3) is 10.9 Å². The van der Waals surface area contributed by atoms with E-state index < -0.39 is 0 Å². The van der Waals surface area contributed by atoms with E-state index in [2.05, 4.69) is 77.5 Å². The van der Waals surface area contributed by atoms with Crippen molar-refractivity contribution in [1.29, 1.82) is 0 Å². The molecule has 3 aliphatic rings. The summed E-state index contributed by atoms with van der Waals surface area (Å²) in [5, 5.41) is 6.85. The highest BCUT2D eigenvalue weighted by Gasteiger charge is 2.29. The number of allylic oxidation sites excluding steroid dienone is 1. The Hall–Kier alpha value is -3.82. The Morgan fingerprint density at radius 1 is 0.895 bits per heavy atom. The molecule has 1 atom stereocenters. The molecule has 300 valence electrons. The Bertz CT molecular complexity index is 1980. The number of hydroxylamine groups is 2. The molecule has 1 unspecified atom stereocenters. The monoisotopic (exact) mass is 765 g/mol. The average molecular weight is 765 g/mol. The van der Waals surface area contributed by atoms with Gasteiger partial charge in [-0.05, 0) is 168 Å². The van der Waals surface area contributed by atoms with Crippen LogP contribution in [0.1, 0.15) is 121 Å². The number of unbranched alkanes of at least 4 members (excludes halogenated alkanes) is 2. The van der Waals surface area contributed by atoms with Crippen molar-refractivity contribution in [1.82, 2.24) is 24.8 Å². The van der Waals surface area contributed by atoms with E-state index in [9.17, 15) is 0 Å². The summed E-state index contributed by atoms with van der Waals surface area (Å²) in [6.07, 6.45) is 15.9. The van der Waals surface area contributed by atoms with Gasteiger partial charge in [-0.3, -0.25) is 4.84 Å². The molecule has 57 heavy (non-hydrogen) atoms. The molecule has 4 aromatic rings. The van der Waals surface area contributed by atoms with Crippen LogP contribution >= 0.6 is 0 Å². The lowest BCUT2D eigenvalue weighted by atomic mass is 9.83. The standard InChI is InChI=1S/C49H65BN6O/c1-6-9-16-43(8-3)56-33-47-41(34-57-56)27-35(4)28-45(47)40-19-25-55(26-20-40)22-12-10-11-21-54-23-17-39(18-24-54)44-31-48-46(30-38(44)7-2)49(53-36(5)52-48)51-32-37-14-13-15-42(50)29-37/h6,8,13-15,27-31,39-40,43H,1,3,7,9-12,16-26,32-34H2,2,4-5H3,(H,51,52,53). The molecular weight excluding hydrogens is 699 g/mol. The fourth-order valence-electron chi connectivity index (χ4n) is 9.69. The fraction of sp³-hybridized carbons (Fsp3) is 0.510. The molecule has 1 aromatic heterocycles. The SMILES string of the molecule is [B]c1cccc(CNc2nc(C)nc3cc(C4CCN(CCCCCN5CCC(c6cc(C)cc7c6CN(C(C=C)CCC=C)OC7)CC5)CC4)c(CC)cc23)c1. The van der Waals surface area contributed by atoms with Crippen molar-refractivity contribution in [2.45, 2.75) is 123 Å². The second-order valence-electron chi connectivity index (χ2n) is 16.9. The van der Waals surface area contributed by atoms with Crippen molar-refractivity contribution in [3.8, 4) is 0 Å². The number of nitrogens with one attached hydrogen (secondary N) is 1. The van der Waals surface area contributed by atoms with Gasteiger partial charge in [0.2, 0.25) is 0 Å². The topological polar surface area (TPSA) is 56.8 Å². The van der Waals surface area contributed by atoms with Gasteiger partial charge >= 0.3 is 0 Å². The Morgan fingerprint density at radius 3 is 2.28 bits per heavy atom. The maximum Gasteiger partial charge on any atom is 0.137 e. The second kappa shape index (κ2) is 19.8. The molecule has 7 nitrogen and oxygen atoms in total. The Balaban J connectivity index is 0.848. The summed E-state index contributed by atoms with van der Waals surface area (Å²) in [6, 6.07) is 17.8. The number of fused-ring (bicyclic) bond motifs is 2. The summed E-state index contributed by atoms with van der Waals surface area (Å²) < 4.78 is 0. The van der Waals surface area contributed by atoms with Gasteiger partial charge in [0.1, 0.15) is 19.5 Å². The first-order valence-corrected chi connectivity index (χ1v) is 21.9. The van der Waals surface area contributed by atoms with Crippen molar-refractivity contribution < 1.29 is 4.84 Å². The molecule has 8 heteroatoms. The molecule has 0 saturated carbocycles. The molecule has 1 N–H and O–H groups in total. The van der Waals surface area contributed by atoms with Gasteiger partial charge in [-0.1, -0.05) is 72.9 Å². The third-order valence-electron chi connectivity index (χ3n) is 12.9. The molecule has 2 fully saturated rings. The van der Waals surface area contributed by atoms with E-state index in [1.807, 2.05) is 37.3 Å². The van der Waals surface area contributed by atoms with Gasteiger partial charge in [-0.2, -0.15) is 5.06 Å². The highest BCUT2D eigenvalue weighted by molar-refractivity contribution is 6.32. The predicted octanol–water partition coefficient (Wildman–Crippen LogP) is 9.21. The van der Waals surface area contributed by atoms with Crippen molar-refractivity contribution in [2.75, 3.05) is 44.6 Å². The average Bonchev–Trinajstić information content (AvgIpc) is 3.22. The number of benzene rings is 3. The highest BCUT2D eigenvalue weighted by atomic mass is 16.7. The van der Waals surface area contributed by atoms with Crippen LogP contribution in [0.4, 0.5) is 5.82 Å². The minimum absolute atomic E-state index is 0.216. The molecule has 0 aliphatic carbocycles. The zero-order valence-corrected chi connectivity index (χ0v) is 35.1. The van der Waals surface area contributed by atoms with E-state index in [0.717, 1.165) is 59.4 Å². The predicted molar refractivity (Wildman–Crippen MR) is 238 cm³/mol. The number of hydrogen-bond donors (Lipinski definition) is 1. The number of hydrogen-bond acceptors (Lipinski definition) is 7. The van der Waals surface area contributed by atoms with Gasteiger partial charge in [-0.25, -0.2) is 9.97 Å². The van der Waals surface area contributed by atoms with Crippen LogP contribution in [0, 0.1) is 13.8 Å². The van der Waals surface area contributed by atoms with Crippen molar-refractivity contribution in [2.24, 2.45) is 0 Å². The molecule has 0 bridgehead atoms. The minimum Gasteiger partial charge on any atom is -0.365 e. The summed E-state index contributed by atoms with van der Waals surface area (Å²) in [5.74, 6) is 2.93. The maximum absolute atomic E-state index is 6.25. The first kappa shape index (κ1) is 41.3. The number of likely N-dealkylation sites (tertiary alicyclic amines) is 2. The molecule has 2 saturated heterocycles. The Labute approximate surface area is 344 Å². The minimum atomic E-state index is 0.216. The smallest absolute Gasteiger partial charge is 0.137 e. The van der Waals surface area contributed by atoms with Crippen LogP contribution in [0.3, 0.4) is 0 Å². The van der Waals surface area contributed by atoms with Crippen molar-refractivity contribution >= 4 is 30.0 Å². The van der Waals surface area contributed by atoms with Crippen LogP contribution in [0.5, 0.6) is 0 Å². The summed E-state index contributed by atoms with van der Waals surface area (Å²) >= 11 is 0. The molecule has 3 aliphatic heterocycles. The number of nitrogens with zero attached hydrogens (tertiary/aromatic N) is 5. The first-order valence-electron chi connectivity index (χ1n) is 21.9. The van der Waals surface area contributed by atoms with Gasteiger partial charge in [0.15, 0.2) is 0 Å². The van der Waals surface area contributed by atoms with Gasteiger partial charge < -0.3 is 15.1 Å². The van der Waals surface area contributed by atoms with E-state index in [1.54, 1.807) is 5.56 Å². The first-order chi connectivity index (χ1) is 27.8. The number of aromatic nitrogens is 2. The van der Waals surface area contributed by atoms with E-state index in [0.29, 0.717) is 25.0 Å². The quantitative estimate of drug-likeness (QED) is 0.0654. The molecule has 7 rings (SSSR count). The molecular formula is C49H65BN6O. The normalized spacial score (nSPS) is 18.1. The Morgan fingerprint density at radius 2 is 1.61 bits per heavy atom. The number of piperidine rings is 2. The molecule has 2 radical (unpaired) electrons. The van der Waals surface area contributed by atoms with Crippen LogP contribution in [0.2, 0.25) is 0 Å². The van der Waals surface area contributed by atoms with E-state index in [4.69, 9.17) is 22.7 Å². The summed E-state index contributed by atoms with van der Waals surface area (Å²) in [6.45, 7) is 24.0. The molecule has 3 aromatic carbocycles. The third-order valence-corrected chi connectivity index (χ3v) is 12.9.